The minimum atomic E-state index is -0.351. The molecule has 0 unspecified atom stereocenters. The van der Waals surface area contributed by atoms with E-state index in [1.54, 1.807) is 54.7 Å². The van der Waals surface area contributed by atoms with Crippen molar-refractivity contribution in [3.63, 3.8) is 0 Å². The number of hydrogen-bond acceptors (Lipinski definition) is 4. The number of carbonyl (C=O) groups is 2. The lowest BCUT2D eigenvalue weighted by atomic mass is 10.1. The molecule has 0 saturated carbocycles. The smallest absolute Gasteiger partial charge is 0.274 e. The lowest BCUT2D eigenvalue weighted by Crippen LogP contribution is -2.14. The van der Waals surface area contributed by atoms with Crippen molar-refractivity contribution >= 4 is 23.1 Å². The van der Waals surface area contributed by atoms with Crippen LogP contribution in [0.25, 0.3) is 0 Å². The Hall–Kier alpha value is -3.54. The number of amides is 1. The molecule has 0 bridgehead atoms. The first-order valence-electron chi connectivity index (χ1n) is 8.38. The van der Waals surface area contributed by atoms with Crippen LogP contribution < -0.4 is 10.6 Å². The summed E-state index contributed by atoms with van der Waals surface area (Å²) >= 11 is 0. The minimum absolute atomic E-state index is 0.0329. The molecule has 3 rings (SSSR count). The fourth-order valence-electron chi connectivity index (χ4n) is 2.45. The van der Waals surface area contributed by atoms with E-state index in [0.717, 1.165) is 11.3 Å². The number of Topliss-reactive ketones (excluding diaryl/α,β-unsaturated/α-hetero) is 1. The number of anilines is 2. The van der Waals surface area contributed by atoms with Gasteiger partial charge >= 0.3 is 0 Å². The molecule has 2 N–H and O–H groups in total. The van der Waals surface area contributed by atoms with Gasteiger partial charge in [-0.1, -0.05) is 12.1 Å². The van der Waals surface area contributed by atoms with E-state index in [1.807, 2.05) is 0 Å². The third-order valence-electron chi connectivity index (χ3n) is 3.95. The summed E-state index contributed by atoms with van der Waals surface area (Å²) in [5, 5.41) is 5.93. The second-order valence-electron chi connectivity index (χ2n) is 6.00. The Morgan fingerprint density at radius 3 is 2.33 bits per heavy atom. The van der Waals surface area contributed by atoms with Crippen molar-refractivity contribution in [1.29, 1.82) is 0 Å². The van der Waals surface area contributed by atoms with E-state index in [-0.39, 0.29) is 23.2 Å². The van der Waals surface area contributed by atoms with Crippen LogP contribution in [0.3, 0.4) is 0 Å². The maximum atomic E-state index is 12.9. The number of pyridine rings is 1. The van der Waals surface area contributed by atoms with Crippen LogP contribution in [-0.4, -0.2) is 16.7 Å². The average Bonchev–Trinajstić information content (AvgIpc) is 2.68. The molecule has 27 heavy (non-hydrogen) atoms. The molecular formula is C21H18FN3O2. The standard InChI is InChI=1S/C21H18FN3O2/c1-14(26)16-4-8-18(9-5-16)25-21(27)20-12-19(10-11-23-20)24-13-15-2-6-17(22)7-3-15/h2-12H,13H2,1H3,(H,23,24)(H,25,27). The maximum Gasteiger partial charge on any atom is 0.274 e. The van der Waals surface area contributed by atoms with Gasteiger partial charge in [0.05, 0.1) is 0 Å². The molecule has 2 aromatic carbocycles. The molecule has 0 radical (unpaired) electrons. The zero-order chi connectivity index (χ0) is 19.2. The third kappa shape index (κ3) is 4.98. The highest BCUT2D eigenvalue weighted by atomic mass is 19.1. The second-order valence-corrected chi connectivity index (χ2v) is 6.00. The molecule has 1 amide bonds. The number of nitrogens with one attached hydrogen (secondary N) is 2. The molecular weight excluding hydrogens is 345 g/mol. The van der Waals surface area contributed by atoms with Crippen molar-refractivity contribution in [2.24, 2.45) is 0 Å². The summed E-state index contributed by atoms with van der Waals surface area (Å²) in [4.78, 5) is 27.8. The molecule has 0 spiro atoms. The molecule has 0 fully saturated rings. The number of carbonyl (C=O) groups excluding carboxylic acids is 2. The van der Waals surface area contributed by atoms with Gasteiger partial charge in [0.1, 0.15) is 11.5 Å². The molecule has 136 valence electrons. The van der Waals surface area contributed by atoms with Crippen LogP contribution in [-0.2, 0) is 6.54 Å². The molecule has 5 nitrogen and oxygen atoms in total. The Labute approximate surface area is 156 Å². The Kier molecular flexibility index (Phi) is 5.56. The third-order valence-corrected chi connectivity index (χ3v) is 3.95. The molecule has 0 aliphatic heterocycles. The number of aromatic nitrogens is 1. The molecule has 1 aromatic heterocycles. The van der Waals surface area contributed by atoms with Gasteiger partial charge in [0.25, 0.3) is 5.91 Å². The number of nitrogens with zero attached hydrogens (tertiary/aromatic N) is 1. The first-order chi connectivity index (χ1) is 13.0. The van der Waals surface area contributed by atoms with Crippen LogP contribution in [0.1, 0.15) is 33.3 Å². The van der Waals surface area contributed by atoms with Crippen molar-refractivity contribution in [3.05, 3.63) is 89.5 Å². The lowest BCUT2D eigenvalue weighted by Gasteiger charge is -2.09. The maximum absolute atomic E-state index is 12.9. The van der Waals surface area contributed by atoms with Crippen LogP contribution in [0, 0.1) is 5.82 Å². The fraction of sp³-hybridized carbons (Fsp3) is 0.0952. The summed E-state index contributed by atoms with van der Waals surface area (Å²) in [6.07, 6.45) is 1.54. The highest BCUT2D eigenvalue weighted by Gasteiger charge is 2.09. The number of benzene rings is 2. The summed E-state index contributed by atoms with van der Waals surface area (Å²) < 4.78 is 12.9. The highest BCUT2D eigenvalue weighted by Crippen LogP contribution is 2.14. The molecule has 0 atom stereocenters. The van der Waals surface area contributed by atoms with Crippen LogP contribution >= 0.6 is 0 Å². The Bertz CT molecular complexity index is 954. The van der Waals surface area contributed by atoms with E-state index >= 15 is 0 Å². The predicted octanol–water partition coefficient (Wildman–Crippen LogP) is 4.29. The minimum Gasteiger partial charge on any atom is -0.381 e. The van der Waals surface area contributed by atoms with Crippen LogP contribution in [0.4, 0.5) is 15.8 Å². The quantitative estimate of drug-likeness (QED) is 0.641. The van der Waals surface area contributed by atoms with Crippen LogP contribution in [0.15, 0.2) is 66.9 Å². The summed E-state index contributed by atoms with van der Waals surface area (Å²) in [5.74, 6) is -0.663. The largest absolute Gasteiger partial charge is 0.381 e. The van der Waals surface area contributed by atoms with Crippen LogP contribution in [0.2, 0.25) is 0 Å². The van der Waals surface area contributed by atoms with E-state index in [0.29, 0.717) is 17.8 Å². The predicted molar refractivity (Wildman–Crippen MR) is 102 cm³/mol. The van der Waals surface area contributed by atoms with Gasteiger partial charge < -0.3 is 10.6 Å². The molecule has 3 aromatic rings. The van der Waals surface area contributed by atoms with Gasteiger partial charge in [0, 0.05) is 29.7 Å². The fourth-order valence-corrected chi connectivity index (χ4v) is 2.45. The average molecular weight is 363 g/mol. The zero-order valence-corrected chi connectivity index (χ0v) is 14.7. The summed E-state index contributed by atoms with van der Waals surface area (Å²) in [6.45, 7) is 1.99. The molecule has 0 saturated heterocycles. The SMILES string of the molecule is CC(=O)c1ccc(NC(=O)c2cc(NCc3ccc(F)cc3)ccn2)cc1. The second kappa shape index (κ2) is 8.23. The van der Waals surface area contributed by atoms with Crippen molar-refractivity contribution < 1.29 is 14.0 Å². The van der Waals surface area contributed by atoms with Gasteiger partial charge in [-0.2, -0.15) is 0 Å². The topological polar surface area (TPSA) is 71.1 Å². The Balaban J connectivity index is 1.64. The Morgan fingerprint density at radius 1 is 0.963 bits per heavy atom. The number of rotatable bonds is 6. The van der Waals surface area contributed by atoms with Crippen LogP contribution in [0.5, 0.6) is 0 Å². The van der Waals surface area contributed by atoms with Gasteiger partial charge in [-0.3, -0.25) is 14.6 Å². The van der Waals surface area contributed by atoms with Gasteiger partial charge in [-0.15, -0.1) is 0 Å². The Morgan fingerprint density at radius 2 is 1.67 bits per heavy atom. The number of halogens is 1. The van der Waals surface area contributed by atoms with Gasteiger partial charge in [0.2, 0.25) is 0 Å². The molecule has 1 heterocycles. The van der Waals surface area contributed by atoms with Crippen molar-refractivity contribution in [2.75, 3.05) is 10.6 Å². The van der Waals surface area contributed by atoms with Gasteiger partial charge in [-0.05, 0) is 61.0 Å². The van der Waals surface area contributed by atoms with Crippen molar-refractivity contribution in [2.45, 2.75) is 13.5 Å². The van der Waals surface area contributed by atoms with E-state index in [9.17, 15) is 14.0 Å². The number of hydrogen-bond donors (Lipinski definition) is 2. The van der Waals surface area contributed by atoms with E-state index in [1.165, 1.54) is 19.1 Å². The van der Waals surface area contributed by atoms with E-state index < -0.39 is 0 Å². The summed E-state index contributed by atoms with van der Waals surface area (Å²) in [7, 11) is 0. The normalized spacial score (nSPS) is 10.3. The molecule has 0 aliphatic rings. The van der Waals surface area contributed by atoms with E-state index in [4.69, 9.17) is 0 Å². The van der Waals surface area contributed by atoms with Crippen molar-refractivity contribution in [1.82, 2.24) is 4.98 Å². The summed E-state index contributed by atoms with van der Waals surface area (Å²) in [5.41, 5.74) is 3.07. The first kappa shape index (κ1) is 18.3. The number of ketones is 1. The van der Waals surface area contributed by atoms with E-state index in [2.05, 4.69) is 15.6 Å². The summed E-state index contributed by atoms with van der Waals surface area (Å²) in [6, 6.07) is 16.3. The molecule has 6 heteroatoms. The first-order valence-corrected chi connectivity index (χ1v) is 8.38. The van der Waals surface area contributed by atoms with Gasteiger partial charge in [-0.25, -0.2) is 4.39 Å². The zero-order valence-electron chi connectivity index (χ0n) is 14.7. The molecule has 0 aliphatic carbocycles. The monoisotopic (exact) mass is 363 g/mol. The van der Waals surface area contributed by atoms with Crippen molar-refractivity contribution in [3.8, 4) is 0 Å². The lowest BCUT2D eigenvalue weighted by molar-refractivity contribution is 0.101. The van der Waals surface area contributed by atoms with Gasteiger partial charge in [0.15, 0.2) is 5.78 Å². The highest BCUT2D eigenvalue weighted by molar-refractivity contribution is 6.03.